The maximum Gasteiger partial charge on any atom is 0.141 e. The van der Waals surface area contributed by atoms with Crippen LogP contribution in [0.5, 0.6) is 0 Å². The molecule has 148 valence electrons. The molecule has 1 heterocycles. The Balaban J connectivity index is 1.98. The first kappa shape index (κ1) is 20.7. The average molecular weight is 408 g/mol. The van der Waals surface area contributed by atoms with Crippen molar-refractivity contribution in [2.45, 2.75) is 26.4 Å². The molecule has 0 unspecified atom stereocenters. The molecule has 1 aliphatic carbocycles. The minimum Gasteiger partial charge on any atom is -0.389 e. The number of aryl methyl sites for hydroxylation is 1. The van der Waals surface area contributed by atoms with Gasteiger partial charge in [-0.15, -0.1) is 11.3 Å². The minimum atomic E-state index is -0.853. The van der Waals surface area contributed by atoms with E-state index < -0.39 is 11.4 Å². The van der Waals surface area contributed by atoms with Crippen LogP contribution >= 0.6 is 11.3 Å². The number of thiophene rings is 1. The van der Waals surface area contributed by atoms with E-state index in [0.717, 1.165) is 20.9 Å². The molecule has 2 aromatic rings. The van der Waals surface area contributed by atoms with Gasteiger partial charge in [0.25, 0.3) is 0 Å². The molecule has 0 aliphatic heterocycles. The van der Waals surface area contributed by atoms with Crippen molar-refractivity contribution in [3.63, 3.8) is 0 Å². The van der Waals surface area contributed by atoms with Gasteiger partial charge in [0, 0.05) is 33.6 Å². The predicted octanol–water partition coefficient (Wildman–Crippen LogP) is 4.95. The maximum atomic E-state index is 14.2. The summed E-state index contributed by atoms with van der Waals surface area (Å²) in [7, 11) is 0. The number of benzene rings is 1. The third kappa shape index (κ3) is 4.89. The standard InChI is InChI=1S/C23H22FN3OS/c1-14-8-19(15-4-5-17(11-25)20(24)10-15)22(29-14)16-6-7-21(26)18(9-16)12-27-13-23(2,3)28/h4-10,12,26-28H,13H2,1-3H3/b18-12-,26-21?. The van der Waals surface area contributed by atoms with E-state index in [4.69, 9.17) is 10.7 Å². The number of nitriles is 1. The fourth-order valence-corrected chi connectivity index (χ4v) is 3.98. The van der Waals surface area contributed by atoms with E-state index in [1.54, 1.807) is 43.5 Å². The van der Waals surface area contributed by atoms with Gasteiger partial charge in [-0.3, -0.25) is 0 Å². The molecule has 4 nitrogen and oxygen atoms in total. The summed E-state index contributed by atoms with van der Waals surface area (Å²) in [5.74, 6) is -0.536. The second-order valence-electron chi connectivity index (χ2n) is 7.55. The van der Waals surface area contributed by atoms with Crippen molar-refractivity contribution in [3.8, 4) is 17.2 Å². The molecule has 0 radical (unpaired) electrons. The van der Waals surface area contributed by atoms with Crippen LogP contribution in [0.1, 0.15) is 29.2 Å². The number of hydrogen-bond donors (Lipinski definition) is 3. The summed E-state index contributed by atoms with van der Waals surface area (Å²) in [6.07, 6.45) is 7.25. The summed E-state index contributed by atoms with van der Waals surface area (Å²) < 4.78 is 14.2. The van der Waals surface area contributed by atoms with Gasteiger partial charge in [-0.1, -0.05) is 12.1 Å². The molecular formula is C23H22FN3OS. The van der Waals surface area contributed by atoms with Gasteiger partial charge in [-0.05, 0) is 62.3 Å². The zero-order valence-electron chi connectivity index (χ0n) is 16.5. The molecule has 3 N–H and O–H groups in total. The van der Waals surface area contributed by atoms with Crippen molar-refractivity contribution in [3.05, 3.63) is 75.4 Å². The van der Waals surface area contributed by atoms with Gasteiger partial charge in [-0.25, -0.2) is 4.39 Å². The second-order valence-corrected chi connectivity index (χ2v) is 8.80. The van der Waals surface area contributed by atoms with Crippen molar-refractivity contribution in [1.29, 1.82) is 10.7 Å². The van der Waals surface area contributed by atoms with E-state index in [-0.39, 0.29) is 5.56 Å². The molecule has 1 aromatic carbocycles. The summed E-state index contributed by atoms with van der Waals surface area (Å²) in [5, 5.41) is 30.0. The highest BCUT2D eigenvalue weighted by Crippen LogP contribution is 2.38. The SMILES string of the molecule is Cc1cc(-c2ccc(C#N)c(F)c2)c(C2=C/C(=C/NCC(C)(C)O)C(=N)C=C2)s1. The molecule has 6 heteroatoms. The first-order chi connectivity index (χ1) is 13.7. The highest BCUT2D eigenvalue weighted by atomic mass is 32.1. The molecule has 0 amide bonds. The fraction of sp³-hybridized carbons (Fsp3) is 0.217. The predicted molar refractivity (Wildman–Crippen MR) is 116 cm³/mol. The van der Waals surface area contributed by atoms with Crippen LogP contribution < -0.4 is 5.32 Å². The summed E-state index contributed by atoms with van der Waals surface area (Å²) in [6.45, 7) is 5.78. The normalized spacial score (nSPS) is 15.4. The lowest BCUT2D eigenvalue weighted by molar-refractivity contribution is 0.0835. The van der Waals surface area contributed by atoms with E-state index in [1.165, 1.54) is 12.1 Å². The van der Waals surface area contributed by atoms with Gasteiger partial charge in [0.1, 0.15) is 11.9 Å². The largest absolute Gasteiger partial charge is 0.389 e. The third-order valence-electron chi connectivity index (χ3n) is 4.36. The molecule has 1 aliphatic rings. The molecule has 0 saturated carbocycles. The van der Waals surface area contributed by atoms with Crippen LogP contribution in [0.25, 0.3) is 16.7 Å². The zero-order valence-corrected chi connectivity index (χ0v) is 17.3. The van der Waals surface area contributed by atoms with Gasteiger partial charge < -0.3 is 15.8 Å². The number of halogens is 1. The van der Waals surface area contributed by atoms with Gasteiger partial charge in [0.2, 0.25) is 0 Å². The Bertz CT molecular complexity index is 1090. The van der Waals surface area contributed by atoms with E-state index >= 15 is 0 Å². The van der Waals surface area contributed by atoms with Crippen molar-refractivity contribution >= 4 is 22.6 Å². The lowest BCUT2D eigenvalue weighted by Crippen LogP contribution is -2.32. The average Bonchev–Trinajstić information content (AvgIpc) is 3.04. The maximum absolute atomic E-state index is 14.2. The molecule has 3 rings (SSSR count). The summed E-state index contributed by atoms with van der Waals surface area (Å²) in [4.78, 5) is 2.06. The van der Waals surface area contributed by atoms with Gasteiger partial charge in [-0.2, -0.15) is 5.26 Å². The molecule has 0 bridgehead atoms. The lowest BCUT2D eigenvalue weighted by atomic mass is 9.95. The topological polar surface area (TPSA) is 79.9 Å². The van der Waals surface area contributed by atoms with E-state index in [2.05, 4.69) is 5.32 Å². The van der Waals surface area contributed by atoms with Crippen LogP contribution in [0.15, 0.2) is 54.3 Å². The van der Waals surface area contributed by atoms with Crippen molar-refractivity contribution in [1.82, 2.24) is 5.32 Å². The molecule has 0 atom stereocenters. The number of rotatable bonds is 5. The smallest absolute Gasteiger partial charge is 0.141 e. The van der Waals surface area contributed by atoms with Crippen LogP contribution in [-0.4, -0.2) is 23.0 Å². The van der Waals surface area contributed by atoms with Crippen LogP contribution in [-0.2, 0) is 0 Å². The Hall–Kier alpha value is -3.01. The van der Waals surface area contributed by atoms with Crippen molar-refractivity contribution < 1.29 is 9.50 Å². The number of nitrogens with one attached hydrogen (secondary N) is 2. The third-order valence-corrected chi connectivity index (χ3v) is 5.46. The molecule has 29 heavy (non-hydrogen) atoms. The van der Waals surface area contributed by atoms with Gasteiger partial charge in [0.15, 0.2) is 0 Å². The van der Waals surface area contributed by atoms with Crippen LogP contribution in [0.4, 0.5) is 4.39 Å². The first-order valence-corrected chi connectivity index (χ1v) is 9.95. The quantitative estimate of drug-likeness (QED) is 0.656. The Morgan fingerprint density at radius 2 is 2.07 bits per heavy atom. The summed E-state index contributed by atoms with van der Waals surface area (Å²) >= 11 is 1.60. The molecule has 0 spiro atoms. The number of nitrogens with zero attached hydrogens (tertiary/aromatic N) is 1. The van der Waals surface area contributed by atoms with Crippen LogP contribution in [0.3, 0.4) is 0 Å². The lowest BCUT2D eigenvalue weighted by Gasteiger charge is -2.18. The Kier molecular flexibility index (Phi) is 5.83. The van der Waals surface area contributed by atoms with Gasteiger partial charge in [0.05, 0.1) is 16.9 Å². The highest BCUT2D eigenvalue weighted by Gasteiger charge is 2.17. The minimum absolute atomic E-state index is 0.0237. The molecule has 0 saturated heterocycles. The Morgan fingerprint density at radius 3 is 2.72 bits per heavy atom. The Morgan fingerprint density at radius 1 is 1.31 bits per heavy atom. The number of aliphatic hydroxyl groups is 1. The molecule has 0 fully saturated rings. The van der Waals surface area contributed by atoms with E-state index in [1.807, 2.05) is 31.2 Å². The van der Waals surface area contributed by atoms with E-state index in [0.29, 0.717) is 23.4 Å². The molecular weight excluding hydrogens is 385 g/mol. The number of allylic oxidation sites excluding steroid dienone is 5. The van der Waals surface area contributed by atoms with Gasteiger partial charge >= 0.3 is 0 Å². The monoisotopic (exact) mass is 407 g/mol. The second kappa shape index (κ2) is 8.16. The summed E-state index contributed by atoms with van der Waals surface area (Å²) in [6, 6.07) is 8.49. The number of hydrogen-bond acceptors (Lipinski definition) is 5. The van der Waals surface area contributed by atoms with Crippen LogP contribution in [0.2, 0.25) is 0 Å². The highest BCUT2D eigenvalue weighted by molar-refractivity contribution is 7.13. The first-order valence-electron chi connectivity index (χ1n) is 9.13. The Labute approximate surface area is 173 Å². The summed E-state index contributed by atoms with van der Waals surface area (Å²) in [5.41, 5.74) is 2.77. The van der Waals surface area contributed by atoms with Crippen molar-refractivity contribution in [2.75, 3.05) is 6.54 Å². The van der Waals surface area contributed by atoms with Crippen LogP contribution in [0, 0.1) is 29.5 Å². The molecule has 1 aromatic heterocycles. The fourth-order valence-electron chi connectivity index (χ4n) is 2.95. The van der Waals surface area contributed by atoms with Crippen molar-refractivity contribution in [2.24, 2.45) is 0 Å². The zero-order chi connectivity index (χ0) is 21.2. The van der Waals surface area contributed by atoms with E-state index in [9.17, 15) is 9.50 Å².